The molecule has 0 N–H and O–H groups in total. The zero-order valence-corrected chi connectivity index (χ0v) is 14.4. The van der Waals surface area contributed by atoms with Gasteiger partial charge < -0.3 is 9.80 Å². The molecule has 4 rings (SSSR count). The second-order valence-corrected chi connectivity index (χ2v) is 7.05. The number of carbonyl (C=O) groups is 3. The number of carbonyl (C=O) groups excluding carboxylic acids is 3. The molecule has 0 spiro atoms. The number of nitrogens with zero attached hydrogens (tertiary/aromatic N) is 3. The van der Waals surface area contributed by atoms with Crippen LogP contribution in [-0.2, 0) is 9.59 Å². The molecule has 3 aliphatic heterocycles. The maximum Gasteiger partial charge on any atom is 0.328 e. The molecule has 1 aromatic carbocycles. The van der Waals surface area contributed by atoms with Gasteiger partial charge in [-0.25, -0.2) is 4.79 Å². The minimum atomic E-state index is -0.339. The van der Waals surface area contributed by atoms with E-state index in [4.69, 9.17) is 0 Å². The highest BCUT2D eigenvalue weighted by Gasteiger charge is 2.54. The molecule has 3 atom stereocenters. The zero-order valence-electron chi connectivity index (χ0n) is 14.4. The average Bonchev–Trinajstić information content (AvgIpc) is 3.33. The van der Waals surface area contributed by atoms with E-state index in [0.29, 0.717) is 32.4 Å². The number of hydrogen-bond acceptors (Lipinski definition) is 3. The lowest BCUT2D eigenvalue weighted by molar-refractivity contribution is -0.132. The monoisotopic (exact) mass is 341 g/mol. The number of likely N-dealkylation sites (tertiary alicyclic amines) is 1. The third-order valence-electron chi connectivity index (χ3n) is 5.70. The molecule has 6 nitrogen and oxygen atoms in total. The SMILES string of the molecule is CCC(=O)N1CC[C@@H](N2C(=O)[C@@H]3CC[C@@H](c4ccccc4)N3C2=O)C1. The highest BCUT2D eigenvalue weighted by atomic mass is 16.2. The van der Waals surface area contributed by atoms with E-state index in [1.54, 1.807) is 9.80 Å². The summed E-state index contributed by atoms with van der Waals surface area (Å²) in [5.41, 5.74) is 1.09. The Morgan fingerprint density at radius 3 is 2.52 bits per heavy atom. The highest BCUT2D eigenvalue weighted by Crippen LogP contribution is 2.42. The summed E-state index contributed by atoms with van der Waals surface area (Å²) in [6.07, 6.45) is 2.68. The van der Waals surface area contributed by atoms with E-state index in [1.165, 1.54) is 4.90 Å². The summed E-state index contributed by atoms with van der Waals surface area (Å²) in [6, 6.07) is 9.19. The number of urea groups is 1. The van der Waals surface area contributed by atoms with Crippen LogP contribution in [0.4, 0.5) is 4.79 Å². The molecule has 6 heteroatoms. The van der Waals surface area contributed by atoms with Crippen LogP contribution < -0.4 is 0 Å². The van der Waals surface area contributed by atoms with Gasteiger partial charge in [0.25, 0.3) is 5.91 Å². The number of amides is 4. The Balaban J connectivity index is 1.54. The van der Waals surface area contributed by atoms with Crippen molar-refractivity contribution >= 4 is 17.8 Å². The van der Waals surface area contributed by atoms with Gasteiger partial charge in [-0.1, -0.05) is 37.3 Å². The van der Waals surface area contributed by atoms with E-state index in [1.807, 2.05) is 37.3 Å². The zero-order chi connectivity index (χ0) is 17.6. The molecule has 0 saturated carbocycles. The van der Waals surface area contributed by atoms with Gasteiger partial charge in [0, 0.05) is 19.5 Å². The number of fused-ring (bicyclic) bond motifs is 1. The van der Waals surface area contributed by atoms with Gasteiger partial charge in [-0.3, -0.25) is 14.5 Å². The summed E-state index contributed by atoms with van der Waals surface area (Å²) < 4.78 is 0. The molecule has 0 aromatic heterocycles. The predicted octanol–water partition coefficient (Wildman–Crippen LogP) is 2.17. The fourth-order valence-corrected chi connectivity index (χ4v) is 4.44. The Morgan fingerprint density at radius 1 is 1.08 bits per heavy atom. The van der Waals surface area contributed by atoms with Crippen LogP contribution in [0.15, 0.2) is 30.3 Å². The second-order valence-electron chi connectivity index (χ2n) is 7.05. The van der Waals surface area contributed by atoms with Crippen molar-refractivity contribution in [1.82, 2.24) is 14.7 Å². The van der Waals surface area contributed by atoms with Gasteiger partial charge in [0.05, 0.1) is 12.1 Å². The Bertz CT molecular complexity index is 705. The van der Waals surface area contributed by atoms with E-state index in [-0.39, 0.29) is 36.0 Å². The van der Waals surface area contributed by atoms with Crippen molar-refractivity contribution < 1.29 is 14.4 Å². The fraction of sp³-hybridized carbons (Fsp3) is 0.526. The summed E-state index contributed by atoms with van der Waals surface area (Å²) in [6.45, 7) is 2.93. The van der Waals surface area contributed by atoms with Crippen molar-refractivity contribution in [3.63, 3.8) is 0 Å². The largest absolute Gasteiger partial charge is 0.341 e. The fourth-order valence-electron chi connectivity index (χ4n) is 4.44. The molecule has 4 amide bonds. The number of benzene rings is 1. The second kappa shape index (κ2) is 6.17. The standard InChI is InChI=1S/C19H23N3O3/c1-2-17(23)20-11-10-14(12-20)21-18(24)16-9-8-15(22(16)19(21)25)13-6-4-3-5-7-13/h3-7,14-16H,2,8-12H2,1H3/t14-,15+,16+/m1/s1. The maximum atomic E-state index is 13.0. The van der Waals surface area contributed by atoms with Crippen molar-refractivity contribution in [2.24, 2.45) is 0 Å². The van der Waals surface area contributed by atoms with Crippen LogP contribution in [0.3, 0.4) is 0 Å². The minimum Gasteiger partial charge on any atom is -0.341 e. The van der Waals surface area contributed by atoms with Gasteiger partial charge >= 0.3 is 6.03 Å². The first-order valence-electron chi connectivity index (χ1n) is 9.10. The van der Waals surface area contributed by atoms with E-state index < -0.39 is 0 Å². The summed E-state index contributed by atoms with van der Waals surface area (Å²) in [5.74, 6) is 0.00323. The molecule has 0 bridgehead atoms. The lowest BCUT2D eigenvalue weighted by atomic mass is 10.0. The van der Waals surface area contributed by atoms with Crippen LogP contribution >= 0.6 is 0 Å². The van der Waals surface area contributed by atoms with Gasteiger partial charge in [-0.2, -0.15) is 0 Å². The van der Waals surface area contributed by atoms with Crippen molar-refractivity contribution in [2.75, 3.05) is 13.1 Å². The third kappa shape index (κ3) is 2.51. The van der Waals surface area contributed by atoms with Crippen LogP contribution in [0.2, 0.25) is 0 Å². The van der Waals surface area contributed by atoms with Crippen LogP contribution in [0.1, 0.15) is 44.2 Å². The molecule has 3 aliphatic rings. The molecular formula is C19H23N3O3. The summed E-state index contributed by atoms with van der Waals surface area (Å²) in [7, 11) is 0. The van der Waals surface area contributed by atoms with Gasteiger partial charge in [-0.15, -0.1) is 0 Å². The van der Waals surface area contributed by atoms with Gasteiger partial charge in [-0.05, 0) is 24.8 Å². The van der Waals surface area contributed by atoms with Crippen LogP contribution in [0.25, 0.3) is 0 Å². The molecule has 0 radical (unpaired) electrons. The molecule has 25 heavy (non-hydrogen) atoms. The number of hydrogen-bond donors (Lipinski definition) is 0. The molecule has 3 fully saturated rings. The molecule has 0 unspecified atom stereocenters. The molecular weight excluding hydrogens is 318 g/mol. The summed E-state index contributed by atoms with van der Waals surface area (Å²) in [5, 5.41) is 0. The van der Waals surface area contributed by atoms with Crippen molar-refractivity contribution in [1.29, 1.82) is 0 Å². The lowest BCUT2D eigenvalue weighted by Crippen LogP contribution is -2.44. The van der Waals surface area contributed by atoms with E-state index >= 15 is 0 Å². The first-order chi connectivity index (χ1) is 12.1. The maximum absolute atomic E-state index is 13.0. The molecule has 0 aliphatic carbocycles. The first-order valence-corrected chi connectivity index (χ1v) is 9.10. The molecule has 3 saturated heterocycles. The van der Waals surface area contributed by atoms with Gasteiger partial charge in [0.1, 0.15) is 6.04 Å². The van der Waals surface area contributed by atoms with E-state index in [2.05, 4.69) is 0 Å². The van der Waals surface area contributed by atoms with Gasteiger partial charge in [0.2, 0.25) is 5.91 Å². The highest BCUT2D eigenvalue weighted by molar-refractivity contribution is 6.05. The molecule has 3 heterocycles. The lowest BCUT2D eigenvalue weighted by Gasteiger charge is -2.26. The topological polar surface area (TPSA) is 60.9 Å². The smallest absolute Gasteiger partial charge is 0.328 e. The summed E-state index contributed by atoms with van der Waals surface area (Å²) in [4.78, 5) is 42.8. The Labute approximate surface area is 147 Å². The average molecular weight is 341 g/mol. The van der Waals surface area contributed by atoms with Crippen LogP contribution in [0.5, 0.6) is 0 Å². The van der Waals surface area contributed by atoms with Crippen molar-refractivity contribution in [3.8, 4) is 0 Å². The van der Waals surface area contributed by atoms with Gasteiger partial charge in [0.15, 0.2) is 0 Å². The first kappa shape index (κ1) is 16.1. The van der Waals surface area contributed by atoms with Crippen LogP contribution in [-0.4, -0.2) is 57.7 Å². The van der Waals surface area contributed by atoms with Crippen LogP contribution in [0, 0.1) is 0 Å². The summed E-state index contributed by atoms with van der Waals surface area (Å²) >= 11 is 0. The third-order valence-corrected chi connectivity index (χ3v) is 5.70. The number of imide groups is 1. The molecule has 1 aromatic rings. The Hall–Kier alpha value is -2.37. The van der Waals surface area contributed by atoms with E-state index in [0.717, 1.165) is 12.0 Å². The Kier molecular flexibility index (Phi) is 3.98. The van der Waals surface area contributed by atoms with Crippen molar-refractivity contribution in [2.45, 2.75) is 50.7 Å². The normalized spacial score (nSPS) is 28.8. The van der Waals surface area contributed by atoms with Crippen molar-refractivity contribution in [3.05, 3.63) is 35.9 Å². The Morgan fingerprint density at radius 2 is 1.80 bits per heavy atom. The van der Waals surface area contributed by atoms with E-state index in [9.17, 15) is 14.4 Å². The quantitative estimate of drug-likeness (QED) is 0.792. The number of rotatable bonds is 3. The predicted molar refractivity (Wildman–Crippen MR) is 91.6 cm³/mol. The minimum absolute atomic E-state index is 0.0255. The molecule has 132 valence electrons.